The van der Waals surface area contributed by atoms with Crippen LogP contribution in [-0.4, -0.2) is 15.9 Å². The molecule has 0 saturated heterocycles. The van der Waals surface area contributed by atoms with Crippen molar-refractivity contribution in [3.05, 3.63) is 56.1 Å². The number of anilines is 1. The fraction of sp³-hybridized carbons (Fsp3) is 0. The fourth-order valence-corrected chi connectivity index (χ4v) is 4.15. The van der Waals surface area contributed by atoms with Crippen molar-refractivity contribution >= 4 is 79.5 Å². The van der Waals surface area contributed by atoms with E-state index in [-0.39, 0.29) is 5.91 Å². The van der Waals surface area contributed by atoms with Crippen molar-refractivity contribution in [3.8, 4) is 0 Å². The van der Waals surface area contributed by atoms with E-state index < -0.39 is 0 Å². The van der Waals surface area contributed by atoms with Crippen LogP contribution < -0.4 is 5.32 Å². The topological polar surface area (TPSA) is 60.7 Å². The van der Waals surface area contributed by atoms with Gasteiger partial charge in [0, 0.05) is 21.6 Å². The van der Waals surface area contributed by atoms with Crippen LogP contribution in [0.2, 0.25) is 10.0 Å². The predicted molar refractivity (Wildman–Crippen MR) is 103 cm³/mol. The maximum Gasteiger partial charge on any atom is 0.272 e. The number of amides is 1. The molecular formula is C16H9Cl2N3OS2. The van der Waals surface area contributed by atoms with Crippen LogP contribution in [0.15, 0.2) is 36.4 Å². The smallest absolute Gasteiger partial charge is 0.272 e. The average molecular weight is 394 g/mol. The third kappa shape index (κ3) is 2.82. The third-order valence-corrected chi connectivity index (χ3v) is 5.32. The lowest BCUT2D eigenvalue weighted by Gasteiger charge is -2.03. The second kappa shape index (κ2) is 5.89. The maximum absolute atomic E-state index is 12.5. The van der Waals surface area contributed by atoms with Crippen LogP contribution in [0, 0.1) is 3.95 Å². The van der Waals surface area contributed by atoms with E-state index >= 15 is 0 Å². The van der Waals surface area contributed by atoms with Crippen LogP contribution in [0.3, 0.4) is 0 Å². The third-order valence-electron chi connectivity index (χ3n) is 3.57. The number of hydrogen-bond donors (Lipinski definition) is 3. The van der Waals surface area contributed by atoms with Gasteiger partial charge in [-0.15, -0.1) is 11.3 Å². The highest BCUT2D eigenvalue weighted by molar-refractivity contribution is 7.73. The summed E-state index contributed by atoms with van der Waals surface area (Å²) in [7, 11) is 0. The van der Waals surface area contributed by atoms with E-state index in [1.165, 1.54) is 11.3 Å². The summed E-state index contributed by atoms with van der Waals surface area (Å²) in [6.45, 7) is 0. The number of nitrogens with one attached hydrogen (secondary N) is 3. The molecule has 2 aromatic heterocycles. The average Bonchev–Trinajstić information content (AvgIpc) is 3.09. The summed E-state index contributed by atoms with van der Waals surface area (Å²) >= 11 is 18.8. The predicted octanol–water partition coefficient (Wildman–Crippen LogP) is 6.00. The Morgan fingerprint density at radius 3 is 2.75 bits per heavy atom. The van der Waals surface area contributed by atoms with Gasteiger partial charge in [-0.1, -0.05) is 23.2 Å². The Hall–Kier alpha value is -1.86. The van der Waals surface area contributed by atoms with E-state index in [1.54, 1.807) is 18.2 Å². The number of halogens is 2. The van der Waals surface area contributed by atoms with Crippen molar-refractivity contribution < 1.29 is 4.79 Å². The number of benzene rings is 2. The van der Waals surface area contributed by atoms with Crippen molar-refractivity contribution in [2.24, 2.45) is 0 Å². The number of aromatic amines is 2. The van der Waals surface area contributed by atoms with Crippen molar-refractivity contribution in [2.45, 2.75) is 0 Å². The second-order valence-electron chi connectivity index (χ2n) is 5.21. The first-order valence-corrected chi connectivity index (χ1v) is 8.90. The van der Waals surface area contributed by atoms with Crippen LogP contribution in [-0.2, 0) is 0 Å². The Morgan fingerprint density at radius 1 is 1.08 bits per heavy atom. The van der Waals surface area contributed by atoms with E-state index in [9.17, 15) is 4.79 Å². The summed E-state index contributed by atoms with van der Waals surface area (Å²) in [5, 5.41) is 4.63. The standard InChI is InChI=1S/C16H9Cl2N3OS2/c17-7-3-10(18)9-6-13(20-11(9)4-7)15(22)19-8-1-2-14-12(5-8)21-16(23)24-14/h1-6,20H,(H,19,22)(H,21,23). The molecule has 120 valence electrons. The van der Waals surface area contributed by atoms with Gasteiger partial charge in [0.1, 0.15) is 5.69 Å². The molecule has 0 aliphatic carbocycles. The van der Waals surface area contributed by atoms with E-state index in [4.69, 9.17) is 35.4 Å². The SMILES string of the molecule is O=C(Nc1ccc2sc(=S)[nH]c2c1)c1cc2c(Cl)cc(Cl)cc2[nH]1. The van der Waals surface area contributed by atoms with Gasteiger partial charge in [-0.25, -0.2) is 0 Å². The molecule has 8 heteroatoms. The van der Waals surface area contributed by atoms with Crippen molar-refractivity contribution in [2.75, 3.05) is 5.32 Å². The van der Waals surface area contributed by atoms with Gasteiger partial charge >= 0.3 is 0 Å². The number of rotatable bonds is 2. The highest BCUT2D eigenvalue weighted by Crippen LogP contribution is 2.29. The van der Waals surface area contributed by atoms with Crippen molar-refractivity contribution in [3.63, 3.8) is 0 Å². The first-order valence-electron chi connectivity index (χ1n) is 6.91. The fourth-order valence-electron chi connectivity index (χ4n) is 2.51. The van der Waals surface area contributed by atoms with Gasteiger partial charge in [0.2, 0.25) is 0 Å². The van der Waals surface area contributed by atoms with Crippen LogP contribution in [0.5, 0.6) is 0 Å². The molecule has 3 N–H and O–H groups in total. The molecule has 4 aromatic rings. The largest absolute Gasteiger partial charge is 0.350 e. The van der Waals surface area contributed by atoms with Crippen LogP contribution >= 0.6 is 46.8 Å². The van der Waals surface area contributed by atoms with Crippen LogP contribution in [0.25, 0.3) is 21.1 Å². The molecule has 2 heterocycles. The lowest BCUT2D eigenvalue weighted by molar-refractivity contribution is 0.102. The van der Waals surface area contributed by atoms with E-state index in [1.807, 2.05) is 18.2 Å². The van der Waals surface area contributed by atoms with Gasteiger partial charge in [0.25, 0.3) is 5.91 Å². The van der Waals surface area contributed by atoms with E-state index in [2.05, 4.69) is 15.3 Å². The molecule has 1 amide bonds. The number of thiazole rings is 1. The summed E-state index contributed by atoms with van der Waals surface area (Å²) in [4.78, 5) is 18.6. The molecule has 4 nitrogen and oxygen atoms in total. The Kier molecular flexibility index (Phi) is 3.85. The Morgan fingerprint density at radius 2 is 1.92 bits per heavy atom. The monoisotopic (exact) mass is 393 g/mol. The van der Waals surface area contributed by atoms with Gasteiger partial charge in [-0.3, -0.25) is 4.79 Å². The summed E-state index contributed by atoms with van der Waals surface area (Å²) < 4.78 is 1.75. The Labute approximate surface area is 155 Å². The highest BCUT2D eigenvalue weighted by atomic mass is 35.5. The molecule has 2 aromatic carbocycles. The summed E-state index contributed by atoms with van der Waals surface area (Å²) in [6.07, 6.45) is 0. The van der Waals surface area contributed by atoms with Gasteiger partial charge in [-0.05, 0) is 48.6 Å². The van der Waals surface area contributed by atoms with Crippen LogP contribution in [0.4, 0.5) is 5.69 Å². The Bertz CT molecular complexity index is 1160. The van der Waals surface area contributed by atoms with Gasteiger partial charge in [0.05, 0.1) is 15.2 Å². The molecule has 0 atom stereocenters. The molecule has 0 radical (unpaired) electrons. The zero-order chi connectivity index (χ0) is 16.8. The maximum atomic E-state index is 12.5. The molecule has 24 heavy (non-hydrogen) atoms. The number of hydrogen-bond acceptors (Lipinski definition) is 3. The molecule has 0 spiro atoms. The zero-order valence-electron chi connectivity index (χ0n) is 11.9. The van der Waals surface area contributed by atoms with Crippen molar-refractivity contribution in [1.82, 2.24) is 9.97 Å². The highest BCUT2D eigenvalue weighted by Gasteiger charge is 2.13. The van der Waals surface area contributed by atoms with E-state index in [0.29, 0.717) is 25.4 Å². The number of H-pyrrole nitrogens is 2. The lowest BCUT2D eigenvalue weighted by Crippen LogP contribution is -2.12. The normalized spacial score (nSPS) is 11.2. The zero-order valence-corrected chi connectivity index (χ0v) is 15.1. The minimum absolute atomic E-state index is 0.258. The lowest BCUT2D eigenvalue weighted by atomic mass is 10.2. The molecule has 0 aliphatic rings. The molecule has 0 fully saturated rings. The summed E-state index contributed by atoms with van der Waals surface area (Å²) in [5.41, 5.74) is 2.70. The minimum Gasteiger partial charge on any atom is -0.350 e. The first-order chi connectivity index (χ1) is 11.5. The van der Waals surface area contributed by atoms with Gasteiger partial charge in [-0.2, -0.15) is 0 Å². The van der Waals surface area contributed by atoms with Gasteiger partial charge in [0.15, 0.2) is 3.95 Å². The van der Waals surface area contributed by atoms with E-state index in [0.717, 1.165) is 21.1 Å². The molecule has 0 bridgehead atoms. The first kappa shape index (κ1) is 15.7. The van der Waals surface area contributed by atoms with Crippen LogP contribution in [0.1, 0.15) is 10.5 Å². The summed E-state index contributed by atoms with van der Waals surface area (Å²) in [6, 6.07) is 10.7. The number of fused-ring (bicyclic) bond motifs is 2. The van der Waals surface area contributed by atoms with Gasteiger partial charge < -0.3 is 15.3 Å². The Balaban J connectivity index is 1.67. The number of carbonyl (C=O) groups excluding carboxylic acids is 1. The number of carbonyl (C=O) groups is 1. The summed E-state index contributed by atoms with van der Waals surface area (Å²) in [5.74, 6) is -0.258. The molecule has 4 rings (SSSR count). The minimum atomic E-state index is -0.258. The molecule has 0 saturated carbocycles. The molecule has 0 unspecified atom stereocenters. The number of aromatic nitrogens is 2. The quantitative estimate of drug-likeness (QED) is 0.365. The molecular weight excluding hydrogens is 385 g/mol. The second-order valence-corrected chi connectivity index (χ2v) is 7.77. The van der Waals surface area contributed by atoms with Crippen molar-refractivity contribution in [1.29, 1.82) is 0 Å². The molecule has 0 aliphatic heterocycles.